The Morgan fingerprint density at radius 1 is 1.50 bits per heavy atom. The summed E-state index contributed by atoms with van der Waals surface area (Å²) < 4.78 is 0. The number of hydrogen-bond acceptors (Lipinski definition) is 0. The molecule has 0 aromatic heterocycles. The van der Waals surface area contributed by atoms with Crippen LogP contribution in [0.3, 0.4) is 0 Å². The third-order valence-electron chi connectivity index (χ3n) is 1.97. The van der Waals surface area contributed by atoms with E-state index in [2.05, 4.69) is 38.2 Å². The van der Waals surface area contributed by atoms with Gasteiger partial charge in [-0.3, -0.25) is 0 Å². The summed E-state index contributed by atoms with van der Waals surface area (Å²) in [5.74, 6) is 0. The second-order valence-electron chi connectivity index (χ2n) is 3.10. The van der Waals surface area contributed by atoms with Gasteiger partial charge < -0.3 is 0 Å². The van der Waals surface area contributed by atoms with Crippen molar-refractivity contribution in [1.29, 1.82) is 0 Å². The van der Waals surface area contributed by atoms with Crippen molar-refractivity contribution >= 4 is 0 Å². The minimum absolute atomic E-state index is 0.212. The quantitative estimate of drug-likeness (QED) is 0.545. The first-order chi connectivity index (χ1) is 4.77. The highest BCUT2D eigenvalue weighted by atomic mass is 14.2. The van der Waals surface area contributed by atoms with Gasteiger partial charge in [-0.25, -0.2) is 0 Å². The molecule has 0 bridgehead atoms. The topological polar surface area (TPSA) is 0 Å². The van der Waals surface area contributed by atoms with Crippen LogP contribution in [0.25, 0.3) is 0 Å². The van der Waals surface area contributed by atoms with E-state index in [9.17, 15) is 0 Å². The van der Waals surface area contributed by atoms with Crippen molar-refractivity contribution in [2.75, 3.05) is 0 Å². The zero-order chi connectivity index (χ0) is 7.45. The van der Waals surface area contributed by atoms with Crippen molar-refractivity contribution in [3.8, 4) is 0 Å². The number of hydrogen-bond donors (Lipinski definition) is 0. The van der Waals surface area contributed by atoms with E-state index in [1.165, 1.54) is 12.8 Å². The van der Waals surface area contributed by atoms with E-state index in [0.29, 0.717) is 0 Å². The van der Waals surface area contributed by atoms with E-state index >= 15 is 0 Å². The van der Waals surface area contributed by atoms with Crippen molar-refractivity contribution in [3.63, 3.8) is 0 Å². The first-order valence-corrected chi connectivity index (χ1v) is 3.96. The smallest absolute Gasteiger partial charge is 0.00803 e. The summed E-state index contributed by atoms with van der Waals surface area (Å²) in [5, 5.41) is 0. The largest absolute Gasteiger partial charge is 0.0837 e. The Kier molecular flexibility index (Phi) is 2.31. The summed E-state index contributed by atoms with van der Waals surface area (Å²) >= 11 is 0. The third kappa shape index (κ3) is 1.73. The minimum atomic E-state index is 0.212. The predicted octanol–water partition coefficient (Wildman–Crippen LogP) is 3.12. The summed E-state index contributed by atoms with van der Waals surface area (Å²) in [7, 11) is 0. The summed E-state index contributed by atoms with van der Waals surface area (Å²) in [5.41, 5.74) is 0.212. The summed E-state index contributed by atoms with van der Waals surface area (Å²) in [4.78, 5) is 0. The number of rotatable bonds is 2. The SMILES string of the molecule is [CH2]C1(CCC)C=CC=CC1. The average Bonchev–Trinajstić information content (AvgIpc) is 1.89. The van der Waals surface area contributed by atoms with Gasteiger partial charge in [0.05, 0.1) is 0 Å². The average molecular weight is 135 g/mol. The molecule has 0 aromatic rings. The lowest BCUT2D eigenvalue weighted by Gasteiger charge is -2.25. The van der Waals surface area contributed by atoms with Gasteiger partial charge in [0.15, 0.2) is 0 Å². The van der Waals surface area contributed by atoms with E-state index in [4.69, 9.17) is 0 Å². The van der Waals surface area contributed by atoms with Crippen LogP contribution in [0.5, 0.6) is 0 Å². The molecule has 0 N–H and O–H groups in total. The fraction of sp³-hybridized carbons (Fsp3) is 0.500. The van der Waals surface area contributed by atoms with Crippen LogP contribution in [0.15, 0.2) is 24.3 Å². The van der Waals surface area contributed by atoms with Crippen LogP contribution in [0.4, 0.5) is 0 Å². The molecule has 0 aliphatic heterocycles. The van der Waals surface area contributed by atoms with Gasteiger partial charge in [0.25, 0.3) is 0 Å². The Labute approximate surface area is 63.6 Å². The maximum atomic E-state index is 4.18. The normalized spacial score (nSPS) is 31.0. The zero-order valence-corrected chi connectivity index (χ0v) is 6.64. The van der Waals surface area contributed by atoms with Crippen molar-refractivity contribution in [2.45, 2.75) is 26.2 Å². The molecule has 1 rings (SSSR count). The van der Waals surface area contributed by atoms with Crippen LogP contribution < -0.4 is 0 Å². The molecule has 10 heavy (non-hydrogen) atoms. The van der Waals surface area contributed by atoms with E-state index in [1.807, 2.05) is 0 Å². The van der Waals surface area contributed by atoms with Gasteiger partial charge in [0, 0.05) is 0 Å². The van der Waals surface area contributed by atoms with Crippen LogP contribution >= 0.6 is 0 Å². The maximum absolute atomic E-state index is 4.18. The van der Waals surface area contributed by atoms with Gasteiger partial charge in [-0.15, -0.1) is 0 Å². The van der Waals surface area contributed by atoms with Crippen LogP contribution in [0.2, 0.25) is 0 Å². The molecule has 0 nitrogen and oxygen atoms in total. The lowest BCUT2D eigenvalue weighted by Crippen LogP contribution is -2.13. The molecule has 0 amide bonds. The Bertz CT molecular complexity index is 153. The van der Waals surface area contributed by atoms with E-state index in [0.717, 1.165) is 6.42 Å². The minimum Gasteiger partial charge on any atom is -0.0837 e. The van der Waals surface area contributed by atoms with Gasteiger partial charge in [0.1, 0.15) is 0 Å². The Balaban J connectivity index is 2.52. The molecule has 1 aliphatic rings. The molecule has 0 saturated heterocycles. The van der Waals surface area contributed by atoms with Crippen LogP contribution in [0.1, 0.15) is 26.2 Å². The summed E-state index contributed by atoms with van der Waals surface area (Å²) in [6.07, 6.45) is 12.2. The molecule has 55 valence electrons. The molecular formula is C10H15. The van der Waals surface area contributed by atoms with Crippen molar-refractivity contribution in [3.05, 3.63) is 31.2 Å². The van der Waals surface area contributed by atoms with Crippen molar-refractivity contribution in [1.82, 2.24) is 0 Å². The fourth-order valence-electron chi connectivity index (χ4n) is 1.39. The summed E-state index contributed by atoms with van der Waals surface area (Å²) in [6.45, 7) is 6.39. The zero-order valence-electron chi connectivity index (χ0n) is 6.64. The molecule has 1 radical (unpaired) electrons. The first-order valence-electron chi connectivity index (χ1n) is 3.96. The third-order valence-corrected chi connectivity index (χ3v) is 1.97. The Hall–Kier alpha value is -0.520. The fourth-order valence-corrected chi connectivity index (χ4v) is 1.39. The molecule has 0 fully saturated rings. The van der Waals surface area contributed by atoms with Gasteiger partial charge in [-0.05, 0) is 25.2 Å². The summed E-state index contributed by atoms with van der Waals surface area (Å²) in [6, 6.07) is 0. The second-order valence-corrected chi connectivity index (χ2v) is 3.10. The molecule has 0 heterocycles. The van der Waals surface area contributed by atoms with Gasteiger partial charge in [-0.2, -0.15) is 0 Å². The highest BCUT2D eigenvalue weighted by molar-refractivity contribution is 5.17. The van der Waals surface area contributed by atoms with E-state index in [1.54, 1.807) is 0 Å². The van der Waals surface area contributed by atoms with E-state index < -0.39 is 0 Å². The predicted molar refractivity (Wildman–Crippen MR) is 45.6 cm³/mol. The van der Waals surface area contributed by atoms with Crippen molar-refractivity contribution < 1.29 is 0 Å². The van der Waals surface area contributed by atoms with E-state index in [-0.39, 0.29) is 5.41 Å². The number of allylic oxidation sites excluding steroid dienone is 4. The molecule has 1 unspecified atom stereocenters. The molecule has 1 atom stereocenters. The monoisotopic (exact) mass is 135 g/mol. The molecular weight excluding hydrogens is 120 g/mol. The van der Waals surface area contributed by atoms with Crippen molar-refractivity contribution in [2.24, 2.45) is 5.41 Å². The highest BCUT2D eigenvalue weighted by Gasteiger charge is 2.18. The Morgan fingerprint density at radius 3 is 2.80 bits per heavy atom. The standard InChI is InChI=1S/C10H15/c1-3-7-10(2)8-5-4-6-9-10/h4-6,8H,2-3,7,9H2,1H3. The first kappa shape index (κ1) is 7.59. The van der Waals surface area contributed by atoms with Crippen LogP contribution in [-0.2, 0) is 0 Å². The molecule has 0 heteroatoms. The van der Waals surface area contributed by atoms with Gasteiger partial charge in [0.2, 0.25) is 0 Å². The second kappa shape index (κ2) is 3.05. The highest BCUT2D eigenvalue weighted by Crippen LogP contribution is 2.31. The molecule has 0 aromatic carbocycles. The lowest BCUT2D eigenvalue weighted by molar-refractivity contribution is 0.441. The van der Waals surface area contributed by atoms with Gasteiger partial charge in [-0.1, -0.05) is 37.6 Å². The van der Waals surface area contributed by atoms with Crippen LogP contribution in [0, 0.1) is 12.3 Å². The maximum Gasteiger partial charge on any atom is -0.00803 e. The Morgan fingerprint density at radius 2 is 2.30 bits per heavy atom. The molecule has 1 aliphatic carbocycles. The molecule has 0 spiro atoms. The molecule has 0 saturated carbocycles. The lowest BCUT2D eigenvalue weighted by atomic mass is 9.80. The van der Waals surface area contributed by atoms with Gasteiger partial charge >= 0.3 is 0 Å². The van der Waals surface area contributed by atoms with Crippen LogP contribution in [-0.4, -0.2) is 0 Å².